The van der Waals surface area contributed by atoms with Crippen molar-refractivity contribution in [1.29, 1.82) is 0 Å². The monoisotopic (exact) mass is 499 g/mol. The number of hydrogen-bond acceptors (Lipinski definition) is 2. The molecule has 1 unspecified atom stereocenters. The fourth-order valence-corrected chi connectivity index (χ4v) is 1.79. The van der Waals surface area contributed by atoms with Crippen LogP contribution >= 0.6 is 28.1 Å². The number of hydrogen-bond donors (Lipinski definition) is 0. The topological polar surface area (TPSA) is 6.48 Å². The first kappa shape index (κ1) is 25.9. The van der Waals surface area contributed by atoms with E-state index in [4.69, 9.17) is 0 Å². The largest absolute Gasteiger partial charge is 0.748 e. The van der Waals surface area contributed by atoms with Crippen molar-refractivity contribution in [2.24, 2.45) is 0 Å². The van der Waals surface area contributed by atoms with Crippen LogP contribution < -0.4 is 0 Å². The van der Waals surface area contributed by atoms with Crippen molar-refractivity contribution in [1.82, 2.24) is 9.80 Å². The summed E-state index contributed by atoms with van der Waals surface area (Å²) in [5.74, 6) is 0. The molecule has 135 valence electrons. The van der Waals surface area contributed by atoms with Gasteiger partial charge in [-0.25, -0.2) is 40.2 Å². The van der Waals surface area contributed by atoms with Crippen LogP contribution in [-0.2, 0) is 17.1 Å². The molecule has 0 aliphatic heterocycles. The van der Waals surface area contributed by atoms with Crippen LogP contribution in [0, 0.1) is 0 Å². The van der Waals surface area contributed by atoms with Gasteiger partial charge in [0, 0.05) is 36.2 Å². The van der Waals surface area contributed by atoms with Crippen LogP contribution in [0.4, 0.5) is 0 Å². The Morgan fingerprint density at radius 1 is 1.04 bits per heavy atom. The summed E-state index contributed by atoms with van der Waals surface area (Å²) in [6, 6.07) is 19.1. The molecule has 0 bridgehead atoms. The third kappa shape index (κ3) is 14.7. The average Bonchev–Trinajstić information content (AvgIpc) is 3.19. The molecular weight excluding hydrogens is 475 g/mol. The molecule has 1 atom stereocenters. The minimum Gasteiger partial charge on any atom is -0.748 e. The Bertz CT molecular complexity index is 405. The second-order valence-corrected chi connectivity index (χ2v) is 11.8. The number of halogens is 2. The van der Waals surface area contributed by atoms with Crippen molar-refractivity contribution in [3.05, 3.63) is 60.2 Å². The number of rotatable bonds is 5. The van der Waals surface area contributed by atoms with Crippen molar-refractivity contribution >= 4 is 39.7 Å². The van der Waals surface area contributed by atoms with Gasteiger partial charge >= 0.3 is 11.6 Å². The van der Waals surface area contributed by atoms with E-state index in [2.05, 4.69) is 90.2 Å². The summed E-state index contributed by atoms with van der Waals surface area (Å²) in [6.07, 6.45) is 0. The van der Waals surface area contributed by atoms with E-state index in [1.54, 1.807) is 0 Å². The zero-order chi connectivity index (χ0) is 16.8. The first-order chi connectivity index (χ1) is 10.5. The minimum absolute atomic E-state index is 0. The fraction of sp³-hybridized carbons (Fsp3) is 0.412. The van der Waals surface area contributed by atoms with Gasteiger partial charge in [-0.15, -0.1) is 0 Å². The molecule has 0 amide bonds. The molecule has 0 fully saturated rings. The third-order valence-electron chi connectivity index (χ3n) is 3.29. The van der Waals surface area contributed by atoms with Crippen molar-refractivity contribution in [2.75, 3.05) is 34.2 Å². The Kier molecular flexibility index (Phi) is 19.6. The van der Waals surface area contributed by atoms with E-state index in [1.165, 1.54) is 5.56 Å². The normalized spacial score (nSPS) is 10.8. The SMILES string of the molecule is CC(c1ccc[cH-]1)N(C)CCN(C)C.[Br][Al][Br].[Fe].[cH-]1[cH-][cH-][cH-][cH-]1. The molecule has 6 heteroatoms. The van der Waals surface area contributed by atoms with Gasteiger partial charge in [0.1, 0.15) is 0 Å². The van der Waals surface area contributed by atoms with E-state index in [0.29, 0.717) is 17.6 Å². The van der Waals surface area contributed by atoms with Gasteiger partial charge in [-0.1, -0.05) is 0 Å². The van der Waals surface area contributed by atoms with Crippen molar-refractivity contribution in [3.8, 4) is 0 Å². The van der Waals surface area contributed by atoms with Gasteiger partial charge in [0.05, 0.1) is 0 Å². The molecule has 0 N–H and O–H groups in total. The molecule has 0 saturated carbocycles. The molecule has 0 saturated heterocycles. The molecule has 2 aromatic carbocycles. The van der Waals surface area contributed by atoms with E-state index in [0.717, 1.165) is 13.1 Å². The molecule has 2 rings (SSSR count). The van der Waals surface area contributed by atoms with Crippen molar-refractivity contribution in [3.63, 3.8) is 0 Å². The van der Waals surface area contributed by atoms with Crippen LogP contribution in [0.3, 0.4) is 0 Å². The van der Waals surface area contributed by atoms with Crippen LogP contribution in [0.5, 0.6) is 0 Å². The van der Waals surface area contributed by atoms with Crippen molar-refractivity contribution < 1.29 is 17.1 Å². The van der Waals surface area contributed by atoms with Gasteiger partial charge in [0.15, 0.2) is 0 Å². The Morgan fingerprint density at radius 2 is 1.52 bits per heavy atom. The standard InChI is InChI=1S/C12H21N2.C5H5.Al.2BrH.Fe/c1-11(12-7-5-6-8-12)14(4)10-9-13(2)3;1-2-4-5-3-1;;;;/h5-8,11H,9-10H2,1-4H3;1-5H;;2*1H;/q-1;-5;+2;;;/p-2. The van der Waals surface area contributed by atoms with E-state index >= 15 is 0 Å². The number of nitrogens with zero attached hydrogens (tertiary/aromatic N) is 2. The van der Waals surface area contributed by atoms with Crippen LogP contribution in [0.25, 0.3) is 0 Å². The zero-order valence-corrected chi connectivity index (χ0v) is 19.7. The van der Waals surface area contributed by atoms with E-state index < -0.39 is 0 Å². The van der Waals surface area contributed by atoms with Gasteiger partial charge in [0.25, 0.3) is 0 Å². The molecule has 2 aromatic rings. The van der Waals surface area contributed by atoms with E-state index in [1.807, 2.05) is 30.3 Å². The van der Waals surface area contributed by atoms with Gasteiger partial charge < -0.3 is 40.1 Å². The van der Waals surface area contributed by atoms with Gasteiger partial charge in [0.2, 0.25) is 0 Å². The third-order valence-corrected chi connectivity index (χ3v) is 3.29. The van der Waals surface area contributed by atoms with E-state index in [-0.39, 0.29) is 17.1 Å². The predicted molar refractivity (Wildman–Crippen MR) is 107 cm³/mol. The molecule has 23 heavy (non-hydrogen) atoms. The summed E-state index contributed by atoms with van der Waals surface area (Å²) in [6.45, 7) is 4.48. The maximum Gasteiger partial charge on any atom is 0.424 e. The quantitative estimate of drug-likeness (QED) is 0.435. The van der Waals surface area contributed by atoms with Crippen LogP contribution in [0.1, 0.15) is 18.5 Å². The summed E-state index contributed by atoms with van der Waals surface area (Å²) in [7, 11) is 6.41. The molecule has 0 aliphatic rings. The second-order valence-electron chi connectivity index (χ2n) is 5.22. The molecule has 1 radical (unpaired) electrons. The second kappa shape index (κ2) is 17.5. The summed E-state index contributed by atoms with van der Waals surface area (Å²) in [5, 5.41) is 0. The van der Waals surface area contributed by atoms with Crippen LogP contribution in [0.2, 0.25) is 0 Å². The average molecular weight is 501 g/mol. The van der Waals surface area contributed by atoms with Gasteiger partial charge in [-0.05, 0) is 28.1 Å². The van der Waals surface area contributed by atoms with Gasteiger partial charge in [-0.3, -0.25) is 0 Å². The molecule has 0 aromatic heterocycles. The summed E-state index contributed by atoms with van der Waals surface area (Å²) in [4.78, 5) is 4.60. The Hall–Kier alpha value is 0.632. The smallest absolute Gasteiger partial charge is 0.424 e. The molecule has 0 aliphatic carbocycles. The van der Waals surface area contributed by atoms with Crippen LogP contribution in [0.15, 0.2) is 54.6 Å². The molecule has 0 spiro atoms. The summed E-state index contributed by atoms with van der Waals surface area (Å²) < 4.78 is 0. The first-order valence-electron chi connectivity index (χ1n) is 7.28. The first-order valence-corrected chi connectivity index (χ1v) is 13.6. The maximum absolute atomic E-state index is 3.15. The fourth-order valence-electron chi connectivity index (χ4n) is 1.79. The maximum atomic E-state index is 3.15. The zero-order valence-electron chi connectivity index (χ0n) is 14.3. The predicted octanol–water partition coefficient (Wildman–Crippen LogP) is 4.67. The summed E-state index contributed by atoms with van der Waals surface area (Å²) >= 11 is 6.67. The Labute approximate surface area is 172 Å². The number of likely N-dealkylation sites (N-methyl/N-ethyl adjacent to an activating group) is 2. The van der Waals surface area contributed by atoms with Crippen molar-refractivity contribution in [2.45, 2.75) is 13.0 Å². The van der Waals surface area contributed by atoms with Gasteiger partial charge in [-0.2, -0.15) is 17.7 Å². The Morgan fingerprint density at radius 3 is 1.87 bits per heavy atom. The van der Waals surface area contributed by atoms with Crippen LogP contribution in [-0.4, -0.2) is 55.6 Å². The van der Waals surface area contributed by atoms with E-state index in [9.17, 15) is 0 Å². The summed E-state index contributed by atoms with van der Waals surface area (Å²) in [5.41, 5.74) is 1.41. The molecule has 0 heterocycles. The molecule has 2 nitrogen and oxygen atoms in total. The Balaban J connectivity index is 0. The molecular formula is C17H26AlBr2FeN2-6. The minimum atomic E-state index is 0.